The fourth-order valence-electron chi connectivity index (χ4n) is 3.50. The molecule has 0 aromatic rings. The molecule has 2 amide bonds. The molecule has 4 nitrogen and oxygen atoms in total. The summed E-state index contributed by atoms with van der Waals surface area (Å²) < 4.78 is 0. The summed E-state index contributed by atoms with van der Waals surface area (Å²) in [5.41, 5.74) is 0. The molecular weight excluding hydrogens is 204 g/mol. The third kappa shape index (κ3) is 1.79. The van der Waals surface area contributed by atoms with Crippen LogP contribution in [-0.4, -0.2) is 29.8 Å². The van der Waals surface area contributed by atoms with Crippen molar-refractivity contribution in [3.63, 3.8) is 0 Å². The number of urea groups is 1. The molecule has 0 radical (unpaired) electrons. The third-order valence-electron chi connectivity index (χ3n) is 4.51. The van der Waals surface area contributed by atoms with Gasteiger partial charge in [0.15, 0.2) is 0 Å². The highest BCUT2D eigenvalue weighted by Crippen LogP contribution is 2.48. The molecule has 16 heavy (non-hydrogen) atoms. The summed E-state index contributed by atoms with van der Waals surface area (Å²) in [4.78, 5) is 11.7. The number of fused-ring (bicyclic) bond motifs is 2. The van der Waals surface area contributed by atoms with Crippen molar-refractivity contribution >= 4 is 6.03 Å². The smallest absolute Gasteiger partial charge is 0.315 e. The fourth-order valence-corrected chi connectivity index (χ4v) is 3.50. The molecule has 0 aliphatic heterocycles. The van der Waals surface area contributed by atoms with Crippen molar-refractivity contribution in [2.75, 3.05) is 6.61 Å². The van der Waals surface area contributed by atoms with Gasteiger partial charge in [-0.1, -0.05) is 0 Å². The Morgan fingerprint density at radius 1 is 1.12 bits per heavy atom. The van der Waals surface area contributed by atoms with Crippen molar-refractivity contribution in [1.82, 2.24) is 10.6 Å². The molecule has 90 valence electrons. The van der Waals surface area contributed by atoms with Crippen LogP contribution in [0.25, 0.3) is 0 Å². The number of carbonyl (C=O) groups excluding carboxylic acids is 1. The third-order valence-corrected chi connectivity index (χ3v) is 4.51. The summed E-state index contributed by atoms with van der Waals surface area (Å²) in [6.45, 7) is 0.218. The van der Waals surface area contributed by atoms with Gasteiger partial charge in [-0.2, -0.15) is 0 Å². The molecule has 3 aliphatic rings. The van der Waals surface area contributed by atoms with Crippen molar-refractivity contribution in [1.29, 1.82) is 0 Å². The first-order valence-electron chi connectivity index (χ1n) is 6.46. The van der Waals surface area contributed by atoms with Gasteiger partial charge in [-0.25, -0.2) is 4.79 Å². The second-order valence-electron chi connectivity index (χ2n) is 5.60. The number of aliphatic hydroxyl groups excluding tert-OH is 1. The van der Waals surface area contributed by atoms with Crippen LogP contribution in [0.3, 0.4) is 0 Å². The lowest BCUT2D eigenvalue weighted by molar-refractivity contribution is 0.144. The molecule has 4 heteroatoms. The van der Waals surface area contributed by atoms with Gasteiger partial charge in [-0.15, -0.1) is 0 Å². The molecule has 0 spiro atoms. The average Bonchev–Trinajstić information content (AvgIpc) is 2.86. The lowest BCUT2D eigenvalue weighted by Crippen LogP contribution is -2.49. The molecule has 0 aromatic heterocycles. The van der Waals surface area contributed by atoms with E-state index in [0.29, 0.717) is 23.8 Å². The van der Waals surface area contributed by atoms with E-state index in [1.807, 2.05) is 0 Å². The summed E-state index contributed by atoms with van der Waals surface area (Å²) in [5, 5.41) is 15.4. The zero-order valence-electron chi connectivity index (χ0n) is 9.48. The van der Waals surface area contributed by atoms with Gasteiger partial charge in [-0.3, -0.25) is 0 Å². The monoisotopic (exact) mass is 224 g/mol. The minimum atomic E-state index is -0.0292. The van der Waals surface area contributed by atoms with E-state index in [0.717, 1.165) is 12.8 Å². The van der Waals surface area contributed by atoms with Crippen molar-refractivity contribution < 1.29 is 9.90 Å². The predicted molar refractivity (Wildman–Crippen MR) is 59.9 cm³/mol. The van der Waals surface area contributed by atoms with Gasteiger partial charge in [0.05, 0.1) is 0 Å². The van der Waals surface area contributed by atoms with Crippen LogP contribution >= 0.6 is 0 Å². The lowest BCUT2D eigenvalue weighted by Gasteiger charge is -2.30. The normalized spacial score (nSPS) is 41.1. The summed E-state index contributed by atoms with van der Waals surface area (Å²) >= 11 is 0. The molecule has 3 saturated carbocycles. The maximum absolute atomic E-state index is 11.7. The maximum atomic E-state index is 11.7. The Kier molecular flexibility index (Phi) is 2.54. The summed E-state index contributed by atoms with van der Waals surface area (Å²) in [7, 11) is 0. The maximum Gasteiger partial charge on any atom is 0.315 e. The highest BCUT2D eigenvalue weighted by molar-refractivity contribution is 5.75. The first kappa shape index (κ1) is 10.4. The van der Waals surface area contributed by atoms with E-state index in [-0.39, 0.29) is 18.7 Å². The second-order valence-corrected chi connectivity index (χ2v) is 5.60. The van der Waals surface area contributed by atoms with E-state index >= 15 is 0 Å². The van der Waals surface area contributed by atoms with Crippen LogP contribution < -0.4 is 10.6 Å². The molecule has 0 unspecified atom stereocenters. The minimum absolute atomic E-state index is 0.0292. The number of hydrogen-bond donors (Lipinski definition) is 3. The number of aliphatic hydroxyl groups is 1. The van der Waals surface area contributed by atoms with E-state index in [4.69, 9.17) is 0 Å². The van der Waals surface area contributed by atoms with Gasteiger partial charge in [0.25, 0.3) is 0 Å². The Morgan fingerprint density at radius 2 is 1.88 bits per heavy atom. The topological polar surface area (TPSA) is 61.4 Å². The van der Waals surface area contributed by atoms with Crippen LogP contribution in [-0.2, 0) is 0 Å². The standard InChI is InChI=1S/C12H20N2O2/c15-6-10-7-1-2-8(5-7)11(10)14-12(16)13-9-3-4-9/h7-11,15H,1-6H2,(H2,13,14,16)/t7-,8-,10+,11+/m0/s1. The quantitative estimate of drug-likeness (QED) is 0.665. The second kappa shape index (κ2) is 3.91. The Labute approximate surface area is 95.8 Å². The minimum Gasteiger partial charge on any atom is -0.396 e. The van der Waals surface area contributed by atoms with E-state index in [9.17, 15) is 9.90 Å². The number of nitrogens with one attached hydrogen (secondary N) is 2. The molecule has 0 heterocycles. The highest BCUT2D eigenvalue weighted by atomic mass is 16.3. The largest absolute Gasteiger partial charge is 0.396 e. The van der Waals surface area contributed by atoms with Crippen LogP contribution in [0.15, 0.2) is 0 Å². The Balaban J connectivity index is 1.58. The average molecular weight is 224 g/mol. The van der Waals surface area contributed by atoms with E-state index < -0.39 is 0 Å². The Hall–Kier alpha value is -0.770. The number of amides is 2. The Morgan fingerprint density at radius 3 is 2.56 bits per heavy atom. The van der Waals surface area contributed by atoms with Gasteiger partial charge in [-0.05, 0) is 43.9 Å². The first-order valence-corrected chi connectivity index (χ1v) is 6.46. The number of carbonyl (C=O) groups is 1. The zero-order chi connectivity index (χ0) is 11.1. The molecule has 3 N–H and O–H groups in total. The molecule has 0 saturated heterocycles. The summed E-state index contributed by atoms with van der Waals surface area (Å²) in [5.74, 6) is 1.54. The van der Waals surface area contributed by atoms with Crippen LogP contribution in [0.4, 0.5) is 4.79 Å². The fraction of sp³-hybridized carbons (Fsp3) is 0.917. The van der Waals surface area contributed by atoms with Crippen LogP contribution in [0, 0.1) is 17.8 Å². The molecule has 2 bridgehead atoms. The molecule has 0 aromatic carbocycles. The number of rotatable bonds is 3. The molecule has 3 rings (SSSR count). The van der Waals surface area contributed by atoms with Gasteiger partial charge >= 0.3 is 6.03 Å². The van der Waals surface area contributed by atoms with E-state index in [1.165, 1.54) is 19.3 Å². The predicted octanol–water partition coefficient (Wildman–Crippen LogP) is 0.855. The van der Waals surface area contributed by atoms with Crippen LogP contribution in [0.2, 0.25) is 0 Å². The van der Waals surface area contributed by atoms with Crippen LogP contribution in [0.5, 0.6) is 0 Å². The van der Waals surface area contributed by atoms with Gasteiger partial charge in [0.2, 0.25) is 0 Å². The Bertz CT molecular complexity index is 291. The van der Waals surface area contributed by atoms with Crippen molar-refractivity contribution in [2.24, 2.45) is 17.8 Å². The van der Waals surface area contributed by atoms with Crippen molar-refractivity contribution in [3.8, 4) is 0 Å². The summed E-state index contributed by atoms with van der Waals surface area (Å²) in [6.07, 6.45) is 5.88. The first-order chi connectivity index (χ1) is 7.78. The van der Waals surface area contributed by atoms with Crippen LogP contribution in [0.1, 0.15) is 32.1 Å². The molecule has 3 fully saturated rings. The van der Waals surface area contributed by atoms with E-state index in [1.54, 1.807) is 0 Å². The number of hydrogen-bond acceptors (Lipinski definition) is 2. The SMILES string of the molecule is O=C(NC1CC1)N[C@@H]1[C@H]2CC[C@@H](C2)[C@H]1CO. The summed E-state index contributed by atoms with van der Waals surface area (Å²) in [6, 6.07) is 0.590. The van der Waals surface area contributed by atoms with Gasteiger partial charge in [0, 0.05) is 24.6 Å². The lowest BCUT2D eigenvalue weighted by atomic mass is 9.85. The van der Waals surface area contributed by atoms with Crippen molar-refractivity contribution in [2.45, 2.75) is 44.2 Å². The molecular formula is C12H20N2O2. The van der Waals surface area contributed by atoms with E-state index in [2.05, 4.69) is 10.6 Å². The highest BCUT2D eigenvalue weighted by Gasteiger charge is 2.47. The molecule has 4 atom stereocenters. The zero-order valence-corrected chi connectivity index (χ0v) is 9.48. The van der Waals surface area contributed by atoms with Gasteiger partial charge in [0.1, 0.15) is 0 Å². The molecule has 3 aliphatic carbocycles. The van der Waals surface area contributed by atoms with Gasteiger partial charge < -0.3 is 15.7 Å². The van der Waals surface area contributed by atoms with Crippen molar-refractivity contribution in [3.05, 3.63) is 0 Å².